The van der Waals surface area contributed by atoms with E-state index in [0.29, 0.717) is 16.0 Å². The number of hydrogen-bond acceptors (Lipinski definition) is 4. The van der Waals surface area contributed by atoms with Crippen LogP contribution >= 0.6 is 23.2 Å². The molecule has 0 spiro atoms. The number of amides is 1. The quantitative estimate of drug-likeness (QED) is 0.527. The van der Waals surface area contributed by atoms with Gasteiger partial charge in [0.2, 0.25) is 5.91 Å². The first kappa shape index (κ1) is 22.8. The number of piperidine rings is 1. The number of benzene rings is 2. The van der Waals surface area contributed by atoms with E-state index in [-0.39, 0.29) is 24.2 Å². The first-order chi connectivity index (χ1) is 15.0. The SMILES string of the molecule is O=C1NCC(Cl)CC1S(=O)(=O)n1c(-c2ccc(OC(F)(F)F)cc2)cc2cc(Cl)ccc21. The van der Waals surface area contributed by atoms with Gasteiger partial charge in [-0.3, -0.25) is 4.79 Å². The number of hydrogen-bond donors (Lipinski definition) is 1. The van der Waals surface area contributed by atoms with Crippen LogP contribution in [0.15, 0.2) is 48.5 Å². The van der Waals surface area contributed by atoms with Gasteiger partial charge in [-0.25, -0.2) is 12.4 Å². The summed E-state index contributed by atoms with van der Waals surface area (Å²) in [6, 6.07) is 10.8. The molecule has 1 saturated heterocycles. The highest BCUT2D eigenvalue weighted by molar-refractivity contribution is 7.91. The summed E-state index contributed by atoms with van der Waals surface area (Å²) < 4.78 is 69.5. The van der Waals surface area contributed by atoms with Crippen molar-refractivity contribution in [2.24, 2.45) is 0 Å². The van der Waals surface area contributed by atoms with E-state index in [2.05, 4.69) is 10.1 Å². The highest BCUT2D eigenvalue weighted by Gasteiger charge is 2.40. The number of nitrogens with one attached hydrogen (secondary N) is 1. The first-order valence-corrected chi connectivity index (χ1v) is 11.6. The van der Waals surface area contributed by atoms with Crippen LogP contribution in [0.5, 0.6) is 5.75 Å². The van der Waals surface area contributed by atoms with Gasteiger partial charge in [-0.1, -0.05) is 11.6 Å². The Morgan fingerprint density at radius 2 is 1.78 bits per heavy atom. The Morgan fingerprint density at radius 3 is 2.44 bits per heavy atom. The van der Waals surface area contributed by atoms with Crippen LogP contribution in [0, 0.1) is 0 Å². The molecule has 1 amide bonds. The molecule has 4 rings (SSSR count). The summed E-state index contributed by atoms with van der Waals surface area (Å²) >= 11 is 12.1. The Hall–Kier alpha value is -2.43. The van der Waals surface area contributed by atoms with E-state index >= 15 is 0 Å². The average molecular weight is 507 g/mol. The van der Waals surface area contributed by atoms with Crippen LogP contribution in [0.25, 0.3) is 22.2 Å². The number of aromatic nitrogens is 1. The third-order valence-corrected chi connectivity index (χ3v) is 7.57. The van der Waals surface area contributed by atoms with Crippen LogP contribution in [-0.2, 0) is 14.8 Å². The molecule has 3 aromatic rings. The summed E-state index contributed by atoms with van der Waals surface area (Å²) in [4.78, 5) is 12.4. The molecule has 12 heteroatoms. The molecular weight excluding hydrogens is 492 g/mol. The fourth-order valence-corrected chi connectivity index (χ4v) is 6.09. The molecule has 1 aliphatic rings. The molecule has 6 nitrogen and oxygen atoms in total. The zero-order valence-corrected chi connectivity index (χ0v) is 18.4. The number of carbonyl (C=O) groups excluding carboxylic acids is 1. The van der Waals surface area contributed by atoms with Crippen molar-refractivity contribution in [3.05, 3.63) is 53.6 Å². The molecule has 1 fully saturated rings. The Morgan fingerprint density at radius 1 is 1.09 bits per heavy atom. The minimum absolute atomic E-state index is 0.0826. The lowest BCUT2D eigenvalue weighted by Gasteiger charge is -2.26. The maximum Gasteiger partial charge on any atom is 0.573 e. The molecule has 1 N–H and O–H groups in total. The highest BCUT2D eigenvalue weighted by Crippen LogP contribution is 2.35. The van der Waals surface area contributed by atoms with Crippen molar-refractivity contribution in [2.75, 3.05) is 6.54 Å². The largest absolute Gasteiger partial charge is 0.573 e. The maximum atomic E-state index is 13.6. The van der Waals surface area contributed by atoms with Crippen molar-refractivity contribution in [3.63, 3.8) is 0 Å². The van der Waals surface area contributed by atoms with Gasteiger partial charge in [-0.05, 0) is 60.5 Å². The van der Waals surface area contributed by atoms with Crippen molar-refractivity contribution >= 4 is 50.0 Å². The summed E-state index contributed by atoms with van der Waals surface area (Å²) in [5.41, 5.74) is 0.726. The van der Waals surface area contributed by atoms with Crippen molar-refractivity contribution in [2.45, 2.75) is 23.4 Å². The molecule has 170 valence electrons. The van der Waals surface area contributed by atoms with E-state index in [1.165, 1.54) is 30.3 Å². The lowest BCUT2D eigenvalue weighted by Crippen LogP contribution is -2.50. The van der Waals surface area contributed by atoms with Gasteiger partial charge < -0.3 is 10.1 Å². The Kier molecular flexibility index (Phi) is 5.81. The molecular formula is C20H15Cl2F3N2O4S. The number of ether oxygens (including phenoxy) is 1. The number of halogens is 5. The van der Waals surface area contributed by atoms with Gasteiger partial charge in [-0.15, -0.1) is 24.8 Å². The summed E-state index contributed by atoms with van der Waals surface area (Å²) in [6.45, 7) is 0.155. The monoisotopic (exact) mass is 506 g/mol. The van der Waals surface area contributed by atoms with Crippen molar-refractivity contribution in [1.82, 2.24) is 9.29 Å². The number of nitrogens with zero attached hydrogens (tertiary/aromatic N) is 1. The molecule has 0 bridgehead atoms. The molecule has 2 heterocycles. The summed E-state index contributed by atoms with van der Waals surface area (Å²) in [7, 11) is -4.29. The van der Waals surface area contributed by atoms with Gasteiger partial charge in [0.1, 0.15) is 5.75 Å². The molecule has 1 aromatic heterocycles. The molecule has 2 atom stereocenters. The molecule has 0 saturated carbocycles. The van der Waals surface area contributed by atoms with E-state index in [0.717, 1.165) is 16.1 Å². The Balaban J connectivity index is 1.87. The highest BCUT2D eigenvalue weighted by atomic mass is 35.5. The standard InChI is InChI=1S/C20H15Cl2F3N2O4S/c21-13-3-6-16-12(7-13)8-17(11-1-4-15(5-2-11)31-20(23,24)25)27(16)32(29,30)18-9-14(22)10-26-19(18)28/h1-8,14,18H,9-10H2,(H,26,28). The minimum Gasteiger partial charge on any atom is -0.406 e. The van der Waals surface area contributed by atoms with E-state index in [1.54, 1.807) is 6.07 Å². The van der Waals surface area contributed by atoms with Crippen LogP contribution < -0.4 is 10.1 Å². The fourth-order valence-electron chi connectivity index (χ4n) is 3.60. The van der Waals surface area contributed by atoms with Crippen molar-refractivity contribution in [1.29, 1.82) is 0 Å². The van der Waals surface area contributed by atoms with Gasteiger partial charge in [0, 0.05) is 17.0 Å². The third-order valence-electron chi connectivity index (χ3n) is 4.98. The molecule has 0 radical (unpaired) electrons. The van der Waals surface area contributed by atoms with Crippen molar-refractivity contribution < 1.29 is 31.1 Å². The zero-order chi connectivity index (χ0) is 23.3. The molecule has 32 heavy (non-hydrogen) atoms. The predicted octanol–water partition coefficient (Wildman–Crippen LogP) is 4.53. The normalized spacial score (nSPS) is 19.7. The average Bonchev–Trinajstić information content (AvgIpc) is 3.08. The molecule has 1 aliphatic heterocycles. The van der Waals surface area contributed by atoms with Crippen LogP contribution in [0.1, 0.15) is 6.42 Å². The third kappa shape index (κ3) is 4.39. The number of carbonyl (C=O) groups is 1. The second kappa shape index (κ2) is 8.17. The lowest BCUT2D eigenvalue weighted by atomic mass is 10.1. The Labute approximate surface area is 190 Å². The van der Waals surface area contributed by atoms with E-state index in [9.17, 15) is 26.4 Å². The number of rotatable bonds is 4. The molecule has 0 aliphatic carbocycles. The summed E-state index contributed by atoms with van der Waals surface area (Å²) in [5.74, 6) is -1.12. The zero-order valence-electron chi connectivity index (χ0n) is 16.1. The van der Waals surface area contributed by atoms with E-state index in [1.807, 2.05) is 0 Å². The van der Waals surface area contributed by atoms with Crippen LogP contribution in [-0.4, -0.2) is 41.8 Å². The summed E-state index contributed by atoms with van der Waals surface area (Å²) in [5, 5.41) is 1.33. The number of alkyl halides is 4. The van der Waals surface area contributed by atoms with Crippen LogP contribution in [0.4, 0.5) is 13.2 Å². The van der Waals surface area contributed by atoms with E-state index in [4.69, 9.17) is 23.2 Å². The second-order valence-electron chi connectivity index (χ2n) is 7.18. The predicted molar refractivity (Wildman–Crippen MR) is 114 cm³/mol. The van der Waals surface area contributed by atoms with Gasteiger partial charge in [0.15, 0.2) is 5.25 Å². The van der Waals surface area contributed by atoms with Gasteiger partial charge >= 0.3 is 6.36 Å². The Bertz CT molecular complexity index is 1290. The first-order valence-electron chi connectivity index (χ1n) is 9.29. The van der Waals surface area contributed by atoms with Crippen LogP contribution in [0.3, 0.4) is 0 Å². The molecule has 2 unspecified atom stereocenters. The van der Waals surface area contributed by atoms with Gasteiger partial charge in [0.05, 0.1) is 16.6 Å². The van der Waals surface area contributed by atoms with E-state index < -0.39 is 38.7 Å². The smallest absolute Gasteiger partial charge is 0.406 e. The van der Waals surface area contributed by atoms with Gasteiger partial charge in [0.25, 0.3) is 10.0 Å². The lowest BCUT2D eigenvalue weighted by molar-refractivity contribution is -0.274. The molecule has 2 aromatic carbocycles. The van der Waals surface area contributed by atoms with Crippen molar-refractivity contribution in [3.8, 4) is 17.0 Å². The van der Waals surface area contributed by atoms with Crippen LogP contribution in [0.2, 0.25) is 5.02 Å². The fraction of sp³-hybridized carbons (Fsp3) is 0.250. The minimum atomic E-state index is -4.86. The maximum absolute atomic E-state index is 13.6. The topological polar surface area (TPSA) is 77.4 Å². The number of fused-ring (bicyclic) bond motifs is 1. The second-order valence-corrected chi connectivity index (χ2v) is 10.2. The summed E-state index contributed by atoms with van der Waals surface area (Å²) in [6.07, 6.45) is -4.94. The van der Waals surface area contributed by atoms with Gasteiger partial charge in [-0.2, -0.15) is 0 Å².